The normalized spacial score (nSPS) is 12.2. The third-order valence-corrected chi connectivity index (χ3v) is 6.27. The first-order valence-corrected chi connectivity index (χ1v) is 13.8. The molecule has 0 aliphatic rings. The summed E-state index contributed by atoms with van der Waals surface area (Å²) in [5.41, 5.74) is 0. The fourth-order valence-electron chi connectivity index (χ4n) is 4.08. The molecule has 0 heterocycles. The summed E-state index contributed by atoms with van der Waals surface area (Å²) < 4.78 is 4.95. The molecule has 0 aromatic carbocycles. The van der Waals surface area contributed by atoms with E-state index in [0.29, 0.717) is 6.42 Å². The van der Waals surface area contributed by atoms with E-state index < -0.39 is 6.10 Å². The lowest BCUT2D eigenvalue weighted by molar-refractivity contribution is -0.291. The molecule has 0 spiro atoms. The van der Waals surface area contributed by atoms with Crippen molar-refractivity contribution in [3.63, 3.8) is 0 Å². The Morgan fingerprint density at radius 1 is 0.625 bits per heavy atom. The molecule has 0 fully saturated rings. The largest absolute Gasteiger partial charge is 0.463 e. The molecule has 2 N–H and O–H groups in total. The van der Waals surface area contributed by atoms with Crippen LogP contribution in [-0.2, 0) is 14.4 Å². The number of rotatable bonds is 26. The van der Waals surface area contributed by atoms with E-state index in [2.05, 4.69) is 11.8 Å². The molecule has 0 amide bonds. The Morgan fingerprint density at radius 2 is 0.969 bits per heavy atom. The van der Waals surface area contributed by atoms with Gasteiger partial charge in [-0.15, -0.1) is 0 Å². The van der Waals surface area contributed by atoms with E-state index in [0.717, 1.165) is 12.8 Å². The van der Waals surface area contributed by atoms with Crippen molar-refractivity contribution in [3.05, 3.63) is 0 Å². The summed E-state index contributed by atoms with van der Waals surface area (Å²) in [6, 6.07) is 0. The zero-order valence-electron chi connectivity index (χ0n) is 21.2. The minimum Gasteiger partial charge on any atom is -0.463 e. The summed E-state index contributed by atoms with van der Waals surface area (Å²) in [6.07, 6.45) is 27.8. The molecule has 0 saturated heterocycles. The monoisotopic (exact) mass is 458 g/mol. The van der Waals surface area contributed by atoms with Gasteiger partial charge in [-0.1, -0.05) is 135 Å². The molecule has 0 saturated carbocycles. The second-order valence-corrected chi connectivity index (χ2v) is 9.41. The zero-order valence-corrected chi connectivity index (χ0v) is 21.2. The molecule has 5 heteroatoms. The van der Waals surface area contributed by atoms with Gasteiger partial charge in [0.25, 0.3) is 0 Å². The van der Waals surface area contributed by atoms with Gasteiger partial charge in [0.1, 0.15) is 12.7 Å². The highest BCUT2D eigenvalue weighted by atomic mass is 17.1. The Labute approximate surface area is 198 Å². The van der Waals surface area contributed by atoms with E-state index in [4.69, 9.17) is 15.1 Å². The first kappa shape index (κ1) is 31.4. The van der Waals surface area contributed by atoms with Crippen LogP contribution in [0.4, 0.5) is 0 Å². The van der Waals surface area contributed by atoms with Crippen LogP contribution >= 0.6 is 0 Å². The molecule has 5 nitrogen and oxygen atoms in total. The van der Waals surface area contributed by atoms with Gasteiger partial charge in [-0.3, -0.25) is 10.1 Å². The van der Waals surface area contributed by atoms with Crippen molar-refractivity contribution in [3.8, 4) is 0 Å². The average molecular weight is 459 g/mol. The second kappa shape index (κ2) is 26.6. The minimum atomic E-state index is -0.848. The van der Waals surface area contributed by atoms with Gasteiger partial charge in [-0.2, -0.15) is 0 Å². The maximum atomic E-state index is 11.5. The highest BCUT2D eigenvalue weighted by Crippen LogP contribution is 2.15. The summed E-state index contributed by atoms with van der Waals surface area (Å²) in [4.78, 5) is 15.5. The molecule has 1 atom stereocenters. The Morgan fingerprint density at radius 3 is 1.28 bits per heavy atom. The van der Waals surface area contributed by atoms with Crippen LogP contribution in [0.25, 0.3) is 0 Å². The number of ether oxygens (including phenoxy) is 1. The number of unbranched alkanes of at least 4 members (excludes halogenated alkanes) is 20. The minimum absolute atomic E-state index is 0.106. The number of aliphatic hydroxyl groups excluding tert-OH is 1. The molecular weight excluding hydrogens is 404 g/mol. The van der Waals surface area contributed by atoms with Gasteiger partial charge in [0.05, 0.1) is 6.61 Å². The van der Waals surface area contributed by atoms with Gasteiger partial charge in [-0.05, 0) is 6.42 Å². The molecule has 0 unspecified atom stereocenters. The molecular formula is C27H54O5. The number of aliphatic hydroxyl groups is 1. The summed E-state index contributed by atoms with van der Waals surface area (Å²) in [7, 11) is 0. The lowest BCUT2D eigenvalue weighted by Gasteiger charge is -2.10. The van der Waals surface area contributed by atoms with Gasteiger partial charge < -0.3 is 9.84 Å². The second-order valence-electron chi connectivity index (χ2n) is 9.41. The van der Waals surface area contributed by atoms with Crippen LogP contribution in [0, 0.1) is 0 Å². The van der Waals surface area contributed by atoms with Crippen molar-refractivity contribution in [1.29, 1.82) is 0 Å². The van der Waals surface area contributed by atoms with Crippen LogP contribution in [0.2, 0.25) is 0 Å². The number of hydrogen-bond donors (Lipinski definition) is 2. The van der Waals surface area contributed by atoms with Crippen LogP contribution in [0.15, 0.2) is 0 Å². The van der Waals surface area contributed by atoms with Gasteiger partial charge in [0, 0.05) is 6.42 Å². The predicted molar refractivity (Wildman–Crippen MR) is 133 cm³/mol. The number of esters is 1. The SMILES string of the molecule is CCCCCCCCCCCCCCCCCCCCCCCC(=O)OC[C@H](CO)OO. The van der Waals surface area contributed by atoms with Gasteiger partial charge >= 0.3 is 5.97 Å². The third kappa shape index (κ3) is 24.0. The Bertz CT molecular complexity index is 371. The molecule has 0 bridgehead atoms. The molecule has 32 heavy (non-hydrogen) atoms. The quantitative estimate of drug-likeness (QED) is 0.0594. The van der Waals surface area contributed by atoms with Crippen LogP contribution in [0.5, 0.6) is 0 Å². The van der Waals surface area contributed by atoms with E-state index in [1.54, 1.807) is 0 Å². The molecule has 0 aliphatic carbocycles. The van der Waals surface area contributed by atoms with Crippen molar-refractivity contribution in [1.82, 2.24) is 0 Å². The van der Waals surface area contributed by atoms with Crippen LogP contribution in [-0.4, -0.2) is 35.7 Å². The highest BCUT2D eigenvalue weighted by molar-refractivity contribution is 5.69. The van der Waals surface area contributed by atoms with Crippen molar-refractivity contribution < 1.29 is 24.8 Å². The van der Waals surface area contributed by atoms with Gasteiger partial charge in [0.2, 0.25) is 0 Å². The topological polar surface area (TPSA) is 76.0 Å². The summed E-state index contributed by atoms with van der Waals surface area (Å²) in [6.45, 7) is 1.80. The van der Waals surface area contributed by atoms with Crippen LogP contribution in [0.3, 0.4) is 0 Å². The number of carbonyl (C=O) groups excluding carboxylic acids is 1. The summed E-state index contributed by atoms with van der Waals surface area (Å²) in [5, 5.41) is 17.3. The third-order valence-electron chi connectivity index (χ3n) is 6.27. The van der Waals surface area contributed by atoms with E-state index in [1.165, 1.54) is 122 Å². The molecule has 0 aromatic rings. The maximum Gasteiger partial charge on any atom is 0.305 e. The van der Waals surface area contributed by atoms with Gasteiger partial charge in [0.15, 0.2) is 0 Å². The molecule has 0 radical (unpaired) electrons. The Hall–Kier alpha value is -0.650. The summed E-state index contributed by atoms with van der Waals surface area (Å²) in [5.74, 6) is -0.293. The highest BCUT2D eigenvalue weighted by Gasteiger charge is 2.11. The van der Waals surface area contributed by atoms with E-state index in [1.807, 2.05) is 0 Å². The first-order valence-electron chi connectivity index (χ1n) is 13.8. The van der Waals surface area contributed by atoms with Crippen molar-refractivity contribution in [2.45, 2.75) is 154 Å². The fourth-order valence-corrected chi connectivity index (χ4v) is 4.08. The van der Waals surface area contributed by atoms with Crippen molar-refractivity contribution >= 4 is 5.97 Å². The average Bonchev–Trinajstić information content (AvgIpc) is 2.80. The standard InChI is InChI=1S/C27H54O5/c1-2-3-4-5-6-7-8-9-10-11-12-13-14-15-16-17-18-19-20-21-22-23-27(29)31-25-26(24-28)32-30/h26,28,30H,2-25H2,1H3/t26-/m0/s1. The van der Waals surface area contributed by atoms with E-state index >= 15 is 0 Å². The molecule has 0 aromatic heterocycles. The van der Waals surface area contributed by atoms with Crippen LogP contribution < -0.4 is 0 Å². The number of carbonyl (C=O) groups is 1. The smallest absolute Gasteiger partial charge is 0.305 e. The lowest BCUT2D eigenvalue weighted by atomic mass is 10.0. The molecule has 0 rings (SSSR count). The van der Waals surface area contributed by atoms with Crippen LogP contribution in [0.1, 0.15) is 148 Å². The van der Waals surface area contributed by atoms with Gasteiger partial charge in [-0.25, -0.2) is 4.89 Å². The van der Waals surface area contributed by atoms with E-state index in [9.17, 15) is 4.79 Å². The first-order chi connectivity index (χ1) is 15.7. The molecule has 192 valence electrons. The van der Waals surface area contributed by atoms with Crippen molar-refractivity contribution in [2.75, 3.05) is 13.2 Å². The zero-order chi connectivity index (χ0) is 23.5. The van der Waals surface area contributed by atoms with E-state index in [-0.39, 0.29) is 19.2 Å². The van der Waals surface area contributed by atoms with Crippen molar-refractivity contribution in [2.24, 2.45) is 0 Å². The maximum absolute atomic E-state index is 11.5. The predicted octanol–water partition coefficient (Wildman–Crippen LogP) is 7.98. The number of hydrogen-bond acceptors (Lipinski definition) is 5. The Balaban J connectivity index is 3.14. The fraction of sp³-hybridized carbons (Fsp3) is 0.963. The Kier molecular flexibility index (Phi) is 26.1. The lowest BCUT2D eigenvalue weighted by Crippen LogP contribution is -2.24. The summed E-state index contributed by atoms with van der Waals surface area (Å²) >= 11 is 0. The molecule has 0 aliphatic heterocycles.